The molecule has 0 bridgehead atoms. The summed E-state index contributed by atoms with van der Waals surface area (Å²) in [6, 6.07) is 0.0106. The molecule has 0 spiro atoms. The summed E-state index contributed by atoms with van der Waals surface area (Å²) < 4.78 is 21.8. The van der Waals surface area contributed by atoms with Gasteiger partial charge < -0.3 is 5.32 Å². The lowest BCUT2D eigenvalue weighted by molar-refractivity contribution is 0.572. The summed E-state index contributed by atoms with van der Waals surface area (Å²) in [4.78, 5) is 0. The molecule has 0 aromatic carbocycles. The molecule has 0 saturated carbocycles. The molecule has 0 aromatic heterocycles. The highest BCUT2D eigenvalue weighted by Crippen LogP contribution is 1.96. The largest absolute Gasteiger partial charge is 0.312 e. The van der Waals surface area contributed by atoms with Gasteiger partial charge in [-0.2, -0.15) is 0 Å². The van der Waals surface area contributed by atoms with Crippen LogP contribution in [0.3, 0.4) is 0 Å². The maximum absolute atomic E-state index is 10.9. The number of thioether (sulfide) groups is 1. The third-order valence-electron chi connectivity index (χ3n) is 1.48. The van der Waals surface area contributed by atoms with E-state index in [4.69, 9.17) is 6.42 Å². The Bertz CT molecular complexity index is 280. The molecule has 1 atom stereocenters. The highest BCUT2D eigenvalue weighted by molar-refractivity contribution is 7.99. The van der Waals surface area contributed by atoms with Crippen molar-refractivity contribution in [3.63, 3.8) is 0 Å². The molecule has 14 heavy (non-hydrogen) atoms. The van der Waals surface area contributed by atoms with E-state index < -0.39 is 9.84 Å². The lowest BCUT2D eigenvalue weighted by Gasteiger charge is -2.11. The zero-order chi connectivity index (χ0) is 11.0. The van der Waals surface area contributed by atoms with Crippen LogP contribution < -0.4 is 5.32 Å². The third-order valence-corrected chi connectivity index (χ3v) is 3.45. The van der Waals surface area contributed by atoms with Crippen molar-refractivity contribution >= 4 is 21.6 Å². The van der Waals surface area contributed by atoms with Crippen molar-refractivity contribution in [2.45, 2.75) is 13.0 Å². The number of sulfone groups is 1. The van der Waals surface area contributed by atoms with E-state index in [9.17, 15) is 8.42 Å². The van der Waals surface area contributed by atoms with Crippen LogP contribution in [-0.4, -0.2) is 44.5 Å². The van der Waals surface area contributed by atoms with Gasteiger partial charge in [-0.15, -0.1) is 18.2 Å². The topological polar surface area (TPSA) is 46.2 Å². The lowest BCUT2D eigenvalue weighted by atomic mass is 10.4. The maximum atomic E-state index is 10.9. The fraction of sp³-hybridized carbons (Fsp3) is 0.778. The van der Waals surface area contributed by atoms with Crippen molar-refractivity contribution in [2.24, 2.45) is 0 Å². The normalized spacial score (nSPS) is 13.5. The van der Waals surface area contributed by atoms with E-state index in [1.807, 2.05) is 6.92 Å². The molecule has 0 amide bonds. The molecule has 0 radical (unpaired) electrons. The number of hydrogen-bond donors (Lipinski definition) is 1. The molecule has 0 aromatic rings. The highest BCUT2D eigenvalue weighted by atomic mass is 32.2. The van der Waals surface area contributed by atoms with Crippen LogP contribution in [0.2, 0.25) is 0 Å². The van der Waals surface area contributed by atoms with Crippen molar-refractivity contribution in [3.8, 4) is 12.3 Å². The molecule has 0 fully saturated rings. The van der Waals surface area contributed by atoms with Gasteiger partial charge in [0.05, 0.1) is 11.5 Å². The monoisotopic (exact) mass is 235 g/mol. The summed E-state index contributed by atoms with van der Waals surface area (Å²) in [5.41, 5.74) is 0. The van der Waals surface area contributed by atoms with Gasteiger partial charge in [-0.3, -0.25) is 0 Å². The van der Waals surface area contributed by atoms with E-state index in [2.05, 4.69) is 11.2 Å². The number of rotatable bonds is 7. The summed E-state index contributed by atoms with van der Waals surface area (Å²) in [6.45, 7) is 2.66. The predicted molar refractivity (Wildman–Crippen MR) is 63.3 cm³/mol. The van der Waals surface area contributed by atoms with Crippen LogP contribution in [0.15, 0.2) is 0 Å². The van der Waals surface area contributed by atoms with E-state index in [1.165, 1.54) is 6.26 Å². The first-order valence-electron chi connectivity index (χ1n) is 4.38. The lowest BCUT2D eigenvalue weighted by Crippen LogP contribution is -2.34. The molecule has 0 rings (SSSR count). The average Bonchev–Trinajstić information content (AvgIpc) is 2.00. The van der Waals surface area contributed by atoms with Gasteiger partial charge in [0.25, 0.3) is 0 Å². The number of terminal acetylenes is 1. The number of hydrogen-bond acceptors (Lipinski definition) is 4. The zero-order valence-electron chi connectivity index (χ0n) is 8.62. The molecule has 0 saturated heterocycles. The van der Waals surface area contributed by atoms with Gasteiger partial charge >= 0.3 is 0 Å². The second-order valence-electron chi connectivity index (χ2n) is 3.20. The van der Waals surface area contributed by atoms with Gasteiger partial charge in [0.1, 0.15) is 9.84 Å². The van der Waals surface area contributed by atoms with E-state index in [0.717, 1.165) is 12.3 Å². The fourth-order valence-electron chi connectivity index (χ4n) is 1.02. The molecule has 0 aliphatic heterocycles. The van der Waals surface area contributed by atoms with Crippen LogP contribution >= 0.6 is 11.8 Å². The summed E-state index contributed by atoms with van der Waals surface area (Å²) in [5.74, 6) is 4.35. The minimum absolute atomic E-state index is 0.0106. The van der Waals surface area contributed by atoms with E-state index in [0.29, 0.717) is 5.75 Å². The van der Waals surface area contributed by atoms with E-state index >= 15 is 0 Å². The molecule has 0 heterocycles. The Morgan fingerprint density at radius 2 is 2.21 bits per heavy atom. The Hall–Kier alpha value is -0.180. The van der Waals surface area contributed by atoms with Gasteiger partial charge in [-0.05, 0) is 6.92 Å². The standard InChI is InChI=1S/C9H17NO2S2/c1-4-6-13-7-5-10-9(2)8-14(3,11)12/h1,9-10H,5-8H2,2-3H3. The first kappa shape index (κ1) is 13.8. The molecule has 82 valence electrons. The quantitative estimate of drug-likeness (QED) is 0.512. The Labute approximate surface area is 91.0 Å². The number of nitrogens with one attached hydrogen (secondary N) is 1. The third kappa shape index (κ3) is 9.90. The Kier molecular flexibility index (Phi) is 7.06. The van der Waals surface area contributed by atoms with Crippen molar-refractivity contribution in [1.82, 2.24) is 5.32 Å². The van der Waals surface area contributed by atoms with Crippen molar-refractivity contribution in [1.29, 1.82) is 0 Å². The molecule has 1 N–H and O–H groups in total. The summed E-state index contributed by atoms with van der Waals surface area (Å²) in [5, 5.41) is 3.13. The molecular formula is C9H17NO2S2. The maximum Gasteiger partial charge on any atom is 0.148 e. The molecule has 0 aliphatic rings. The van der Waals surface area contributed by atoms with Gasteiger partial charge in [-0.1, -0.05) is 5.92 Å². The van der Waals surface area contributed by atoms with Gasteiger partial charge in [0.15, 0.2) is 0 Å². The second kappa shape index (κ2) is 7.16. The minimum atomic E-state index is -2.87. The highest BCUT2D eigenvalue weighted by Gasteiger charge is 2.08. The van der Waals surface area contributed by atoms with Crippen LogP contribution in [-0.2, 0) is 9.84 Å². The van der Waals surface area contributed by atoms with Crippen LogP contribution in [0.5, 0.6) is 0 Å². The van der Waals surface area contributed by atoms with E-state index in [1.54, 1.807) is 11.8 Å². The Morgan fingerprint density at radius 3 is 2.71 bits per heavy atom. The van der Waals surface area contributed by atoms with Crippen LogP contribution in [0, 0.1) is 12.3 Å². The second-order valence-corrected chi connectivity index (χ2v) is 6.49. The SMILES string of the molecule is C#CCSCCNC(C)CS(C)(=O)=O. The van der Waals surface area contributed by atoms with Gasteiger partial charge in [-0.25, -0.2) is 8.42 Å². The first-order chi connectivity index (χ1) is 6.45. The fourth-order valence-corrected chi connectivity index (χ4v) is 2.57. The molecule has 0 aliphatic carbocycles. The van der Waals surface area contributed by atoms with E-state index in [-0.39, 0.29) is 11.8 Å². The minimum Gasteiger partial charge on any atom is -0.312 e. The predicted octanol–water partition coefficient (Wildman–Crippen LogP) is 0.376. The van der Waals surface area contributed by atoms with Gasteiger partial charge in [0, 0.05) is 24.6 Å². The average molecular weight is 235 g/mol. The Balaban J connectivity index is 3.46. The molecule has 5 heteroatoms. The van der Waals surface area contributed by atoms with Crippen molar-refractivity contribution < 1.29 is 8.42 Å². The first-order valence-corrected chi connectivity index (χ1v) is 7.59. The molecular weight excluding hydrogens is 218 g/mol. The van der Waals surface area contributed by atoms with Crippen LogP contribution in [0.4, 0.5) is 0 Å². The smallest absolute Gasteiger partial charge is 0.148 e. The zero-order valence-corrected chi connectivity index (χ0v) is 10.2. The molecule has 1 unspecified atom stereocenters. The van der Waals surface area contributed by atoms with Crippen LogP contribution in [0.1, 0.15) is 6.92 Å². The van der Waals surface area contributed by atoms with Gasteiger partial charge in [0.2, 0.25) is 0 Å². The summed E-state index contributed by atoms with van der Waals surface area (Å²) in [7, 11) is -2.87. The van der Waals surface area contributed by atoms with Crippen molar-refractivity contribution in [2.75, 3.05) is 30.1 Å². The summed E-state index contributed by atoms with van der Waals surface area (Å²) in [6.07, 6.45) is 6.33. The van der Waals surface area contributed by atoms with Crippen LogP contribution in [0.25, 0.3) is 0 Å². The molecule has 3 nitrogen and oxygen atoms in total. The summed E-state index contributed by atoms with van der Waals surface area (Å²) >= 11 is 1.67. The van der Waals surface area contributed by atoms with Crippen molar-refractivity contribution in [3.05, 3.63) is 0 Å². The Morgan fingerprint density at radius 1 is 1.57 bits per heavy atom.